The maximum Gasteiger partial charge on any atom is 0.128 e. The van der Waals surface area contributed by atoms with Crippen molar-refractivity contribution in [3.05, 3.63) is 51.7 Å². The minimum Gasteiger partial charge on any atom is -0.207 e. The van der Waals surface area contributed by atoms with Gasteiger partial charge in [-0.25, -0.2) is 4.39 Å². The fourth-order valence-electron chi connectivity index (χ4n) is 1.17. The van der Waals surface area contributed by atoms with Crippen molar-refractivity contribution in [3.63, 3.8) is 0 Å². The molecule has 1 aromatic rings. The van der Waals surface area contributed by atoms with Gasteiger partial charge in [0.1, 0.15) is 5.82 Å². The first-order valence-corrected chi connectivity index (χ1v) is 4.60. The molecule has 0 saturated heterocycles. The molecule has 0 N–H and O–H groups in total. The topological polar surface area (TPSA) is 72.5 Å². The molecule has 0 heterocycles. The van der Waals surface area contributed by atoms with E-state index in [4.69, 9.17) is 10.8 Å². The fraction of sp³-hybridized carbons (Fsp3) is 0.182. The molecular formula is C11H9FN4. The minimum absolute atomic E-state index is 0.0640. The smallest absolute Gasteiger partial charge is 0.128 e. The summed E-state index contributed by atoms with van der Waals surface area (Å²) >= 11 is 0. The Morgan fingerprint density at radius 3 is 3.00 bits per heavy atom. The summed E-state index contributed by atoms with van der Waals surface area (Å²) in [7, 11) is 0. The highest BCUT2D eigenvalue weighted by Crippen LogP contribution is 2.12. The van der Waals surface area contributed by atoms with E-state index in [1.807, 2.05) is 6.07 Å². The average Bonchev–Trinajstić information content (AvgIpc) is 2.28. The Labute approximate surface area is 92.3 Å². The van der Waals surface area contributed by atoms with Crippen LogP contribution in [0.5, 0.6) is 0 Å². The standard InChI is InChI=1S/C11H9FN4/c12-11-8-9(2-1-7-15-16-14)3-4-10(11)5-6-13/h1-4,8H,5,7H2. The molecule has 4 nitrogen and oxygen atoms in total. The number of nitriles is 1. The Bertz CT molecular complexity index is 481. The third-order valence-corrected chi connectivity index (χ3v) is 1.91. The lowest BCUT2D eigenvalue weighted by atomic mass is 10.1. The molecule has 0 unspecified atom stereocenters. The van der Waals surface area contributed by atoms with Crippen molar-refractivity contribution in [2.45, 2.75) is 6.42 Å². The summed E-state index contributed by atoms with van der Waals surface area (Å²) in [5, 5.41) is 11.7. The Kier molecular flexibility index (Phi) is 4.58. The van der Waals surface area contributed by atoms with E-state index in [1.54, 1.807) is 24.3 Å². The van der Waals surface area contributed by atoms with E-state index in [-0.39, 0.29) is 13.0 Å². The number of halogens is 1. The second-order valence-corrected chi connectivity index (χ2v) is 3.00. The molecule has 0 bridgehead atoms. The van der Waals surface area contributed by atoms with Gasteiger partial charge in [0.25, 0.3) is 0 Å². The molecule has 0 aromatic heterocycles. The maximum atomic E-state index is 13.3. The predicted octanol–water partition coefficient (Wildman–Crippen LogP) is 3.22. The average molecular weight is 216 g/mol. The van der Waals surface area contributed by atoms with Crippen molar-refractivity contribution in [2.75, 3.05) is 6.54 Å². The number of nitrogens with zero attached hydrogens (tertiary/aromatic N) is 4. The molecule has 0 spiro atoms. The van der Waals surface area contributed by atoms with E-state index in [9.17, 15) is 4.39 Å². The van der Waals surface area contributed by atoms with Crippen LogP contribution in [0.2, 0.25) is 0 Å². The second kappa shape index (κ2) is 6.23. The highest BCUT2D eigenvalue weighted by molar-refractivity contribution is 5.50. The quantitative estimate of drug-likeness (QED) is 0.432. The molecule has 80 valence electrons. The first-order valence-electron chi connectivity index (χ1n) is 4.60. The van der Waals surface area contributed by atoms with E-state index in [0.29, 0.717) is 11.1 Å². The molecule has 5 heteroatoms. The molecule has 1 rings (SSSR count). The van der Waals surface area contributed by atoms with Gasteiger partial charge in [0.05, 0.1) is 12.5 Å². The van der Waals surface area contributed by atoms with Crippen LogP contribution in [0.15, 0.2) is 29.4 Å². The summed E-state index contributed by atoms with van der Waals surface area (Å²) in [4.78, 5) is 2.59. The Hall–Kier alpha value is -2.31. The molecule has 0 amide bonds. The Balaban J connectivity index is 2.77. The fourth-order valence-corrected chi connectivity index (χ4v) is 1.17. The van der Waals surface area contributed by atoms with Gasteiger partial charge in [-0.3, -0.25) is 0 Å². The Morgan fingerprint density at radius 1 is 1.56 bits per heavy atom. The first-order chi connectivity index (χ1) is 7.77. The summed E-state index contributed by atoms with van der Waals surface area (Å²) in [5.74, 6) is -0.396. The summed E-state index contributed by atoms with van der Waals surface area (Å²) in [5.41, 5.74) is 9.09. The van der Waals surface area contributed by atoms with Crippen LogP contribution in [0.25, 0.3) is 16.5 Å². The maximum absolute atomic E-state index is 13.3. The number of hydrogen-bond acceptors (Lipinski definition) is 2. The summed E-state index contributed by atoms with van der Waals surface area (Å²) in [6.07, 6.45) is 3.36. The third kappa shape index (κ3) is 3.45. The van der Waals surface area contributed by atoms with Crippen molar-refractivity contribution < 1.29 is 4.39 Å². The lowest BCUT2D eigenvalue weighted by Crippen LogP contribution is -1.88. The van der Waals surface area contributed by atoms with Gasteiger partial charge < -0.3 is 0 Å². The first kappa shape index (κ1) is 11.8. The molecule has 16 heavy (non-hydrogen) atoms. The van der Waals surface area contributed by atoms with Gasteiger partial charge >= 0.3 is 0 Å². The second-order valence-electron chi connectivity index (χ2n) is 3.00. The van der Waals surface area contributed by atoms with Crippen LogP contribution in [0, 0.1) is 17.1 Å². The van der Waals surface area contributed by atoms with Crippen LogP contribution in [0.4, 0.5) is 4.39 Å². The highest BCUT2D eigenvalue weighted by Gasteiger charge is 2.00. The molecule has 0 aliphatic heterocycles. The molecule has 0 atom stereocenters. The molecular weight excluding hydrogens is 207 g/mol. The van der Waals surface area contributed by atoms with Crippen molar-refractivity contribution in [1.82, 2.24) is 0 Å². The SMILES string of the molecule is N#CCc1ccc(C=CCN=[N+]=[N-])cc1F. The van der Waals surface area contributed by atoms with Crippen molar-refractivity contribution in [2.24, 2.45) is 5.11 Å². The van der Waals surface area contributed by atoms with Crippen molar-refractivity contribution >= 4 is 6.08 Å². The summed E-state index contributed by atoms with van der Waals surface area (Å²) in [6, 6.07) is 6.52. The molecule has 0 aliphatic carbocycles. The van der Waals surface area contributed by atoms with Gasteiger partial charge in [0.2, 0.25) is 0 Å². The minimum atomic E-state index is -0.396. The largest absolute Gasteiger partial charge is 0.207 e. The zero-order valence-electron chi connectivity index (χ0n) is 8.47. The lowest BCUT2D eigenvalue weighted by Gasteiger charge is -1.99. The van der Waals surface area contributed by atoms with Gasteiger partial charge in [-0.15, -0.1) is 0 Å². The van der Waals surface area contributed by atoms with E-state index in [1.165, 1.54) is 6.07 Å². The van der Waals surface area contributed by atoms with Crippen molar-refractivity contribution in [3.8, 4) is 6.07 Å². The van der Waals surface area contributed by atoms with Crippen LogP contribution in [0.3, 0.4) is 0 Å². The van der Waals surface area contributed by atoms with Crippen molar-refractivity contribution in [1.29, 1.82) is 5.26 Å². The van der Waals surface area contributed by atoms with Gasteiger partial charge in [-0.1, -0.05) is 29.4 Å². The van der Waals surface area contributed by atoms with Gasteiger partial charge in [0, 0.05) is 17.0 Å². The van der Waals surface area contributed by atoms with E-state index in [0.717, 1.165) is 0 Å². The lowest BCUT2D eigenvalue weighted by molar-refractivity contribution is 0.615. The Morgan fingerprint density at radius 2 is 2.38 bits per heavy atom. The number of hydrogen-bond donors (Lipinski definition) is 0. The van der Waals surface area contributed by atoms with Gasteiger partial charge in [0.15, 0.2) is 0 Å². The normalized spacial score (nSPS) is 9.75. The zero-order valence-corrected chi connectivity index (χ0v) is 8.47. The number of benzene rings is 1. The number of azide groups is 1. The molecule has 0 fully saturated rings. The molecule has 1 aromatic carbocycles. The molecule has 0 saturated carbocycles. The third-order valence-electron chi connectivity index (χ3n) is 1.91. The van der Waals surface area contributed by atoms with Crippen LogP contribution in [-0.4, -0.2) is 6.54 Å². The zero-order chi connectivity index (χ0) is 11.8. The van der Waals surface area contributed by atoms with Gasteiger partial charge in [-0.2, -0.15) is 5.26 Å². The number of rotatable bonds is 4. The molecule has 0 aliphatic rings. The van der Waals surface area contributed by atoms with E-state index in [2.05, 4.69) is 10.0 Å². The van der Waals surface area contributed by atoms with Gasteiger partial charge in [-0.05, 0) is 17.2 Å². The van der Waals surface area contributed by atoms with Crippen LogP contribution < -0.4 is 0 Å². The van der Waals surface area contributed by atoms with E-state index < -0.39 is 5.82 Å². The van der Waals surface area contributed by atoms with E-state index >= 15 is 0 Å². The highest BCUT2D eigenvalue weighted by atomic mass is 19.1. The van der Waals surface area contributed by atoms with Crippen LogP contribution in [0.1, 0.15) is 11.1 Å². The van der Waals surface area contributed by atoms with Crippen LogP contribution in [-0.2, 0) is 6.42 Å². The summed E-state index contributed by atoms with van der Waals surface area (Å²) in [6.45, 7) is 0.234. The summed E-state index contributed by atoms with van der Waals surface area (Å²) < 4.78 is 13.3. The predicted molar refractivity (Wildman–Crippen MR) is 58.8 cm³/mol. The molecule has 0 radical (unpaired) electrons. The van der Waals surface area contributed by atoms with Crippen LogP contribution >= 0.6 is 0 Å². The monoisotopic (exact) mass is 216 g/mol.